The number of fused-ring (bicyclic) bond motifs is 7. The zero-order valence-electron chi connectivity index (χ0n) is 12.1. The lowest BCUT2D eigenvalue weighted by Gasteiger charge is -2.27. The SMILES string of the molecule is C1=C2C/C=C\c3c([nH]c4ccccc34)C1Nc1ccccc12.[HH].[HH]. The van der Waals surface area contributed by atoms with Crippen molar-refractivity contribution in [3.8, 4) is 0 Å². The first-order chi connectivity index (χ1) is 10.9. The van der Waals surface area contributed by atoms with E-state index in [1.54, 1.807) is 0 Å². The fourth-order valence-corrected chi connectivity index (χ4v) is 3.64. The number of H-pyrrole nitrogens is 1. The number of nitrogens with one attached hydrogen (secondary N) is 2. The summed E-state index contributed by atoms with van der Waals surface area (Å²) in [6.45, 7) is 0. The molecular weight excluding hydrogens is 268 g/mol. The topological polar surface area (TPSA) is 27.8 Å². The fourth-order valence-electron chi connectivity index (χ4n) is 3.64. The van der Waals surface area contributed by atoms with Crippen LogP contribution < -0.4 is 5.32 Å². The van der Waals surface area contributed by atoms with E-state index in [-0.39, 0.29) is 8.90 Å². The van der Waals surface area contributed by atoms with E-state index in [4.69, 9.17) is 0 Å². The van der Waals surface area contributed by atoms with Crippen molar-refractivity contribution in [2.45, 2.75) is 12.5 Å². The van der Waals surface area contributed by atoms with Crippen LogP contribution in [0.5, 0.6) is 0 Å². The maximum Gasteiger partial charge on any atom is 0.0860 e. The van der Waals surface area contributed by atoms with Crippen molar-refractivity contribution in [1.82, 2.24) is 4.98 Å². The van der Waals surface area contributed by atoms with Gasteiger partial charge in [-0.15, -0.1) is 0 Å². The van der Waals surface area contributed by atoms with Crippen molar-refractivity contribution < 1.29 is 2.85 Å². The molecule has 1 atom stereocenters. The predicted octanol–water partition coefficient (Wildman–Crippen LogP) is 5.63. The largest absolute Gasteiger partial charge is 0.373 e. The van der Waals surface area contributed by atoms with Gasteiger partial charge in [-0.3, -0.25) is 0 Å². The van der Waals surface area contributed by atoms with Crippen molar-refractivity contribution in [2.75, 3.05) is 5.32 Å². The molecule has 1 aromatic heterocycles. The minimum absolute atomic E-state index is 0. The average molecular weight is 288 g/mol. The summed E-state index contributed by atoms with van der Waals surface area (Å²) in [5.41, 5.74) is 7.72. The van der Waals surface area contributed by atoms with Crippen LogP contribution in [-0.2, 0) is 0 Å². The highest BCUT2D eigenvalue weighted by Gasteiger charge is 2.24. The molecule has 2 aliphatic rings. The molecule has 22 heavy (non-hydrogen) atoms. The van der Waals surface area contributed by atoms with Crippen molar-refractivity contribution in [2.24, 2.45) is 0 Å². The second kappa shape index (κ2) is 4.38. The maximum absolute atomic E-state index is 3.67. The Bertz CT molecular complexity index is 953. The van der Waals surface area contributed by atoms with Gasteiger partial charge >= 0.3 is 0 Å². The number of rotatable bonds is 0. The van der Waals surface area contributed by atoms with Gasteiger partial charge in [0.15, 0.2) is 0 Å². The molecule has 0 spiro atoms. The number of benzene rings is 2. The van der Waals surface area contributed by atoms with Gasteiger partial charge in [-0.1, -0.05) is 54.6 Å². The average Bonchev–Trinajstić information content (AvgIpc) is 2.92. The van der Waals surface area contributed by atoms with Gasteiger partial charge in [-0.2, -0.15) is 0 Å². The molecule has 0 saturated carbocycles. The summed E-state index contributed by atoms with van der Waals surface area (Å²) in [7, 11) is 0. The van der Waals surface area contributed by atoms with E-state index < -0.39 is 0 Å². The van der Waals surface area contributed by atoms with Gasteiger partial charge in [0, 0.05) is 36.3 Å². The molecule has 2 aromatic carbocycles. The zero-order valence-corrected chi connectivity index (χ0v) is 12.1. The molecule has 5 rings (SSSR count). The predicted molar refractivity (Wildman–Crippen MR) is 97.0 cm³/mol. The first kappa shape index (κ1) is 11.9. The standard InChI is InChI=1S/C20H16N2.2H2/c1-3-10-17-14(7-1)13-6-5-9-16-15-8-2-4-11-18(15)22-20(16)19(12-13)21-17;;/h1-5,7-12,19,21-22H,6H2;2*1H/b9-5-;;. The number of aromatic nitrogens is 1. The van der Waals surface area contributed by atoms with Crippen LogP contribution in [0, 0.1) is 0 Å². The Balaban J connectivity index is 0.000000845. The third-order valence-electron chi connectivity index (χ3n) is 4.66. The van der Waals surface area contributed by atoms with Crippen LogP contribution in [0.25, 0.3) is 22.6 Å². The Morgan fingerprint density at radius 2 is 1.86 bits per heavy atom. The van der Waals surface area contributed by atoms with Crippen LogP contribution in [-0.4, -0.2) is 4.98 Å². The molecule has 3 aromatic rings. The van der Waals surface area contributed by atoms with E-state index in [0.29, 0.717) is 0 Å². The van der Waals surface area contributed by atoms with Gasteiger partial charge in [-0.25, -0.2) is 0 Å². The number of allylic oxidation sites excluding steroid dienone is 2. The Morgan fingerprint density at radius 3 is 2.86 bits per heavy atom. The molecule has 2 bridgehead atoms. The van der Waals surface area contributed by atoms with Crippen molar-refractivity contribution >= 4 is 28.2 Å². The maximum atomic E-state index is 3.67. The molecule has 2 heteroatoms. The van der Waals surface area contributed by atoms with E-state index in [9.17, 15) is 0 Å². The monoisotopic (exact) mass is 288 g/mol. The highest BCUT2D eigenvalue weighted by Crippen LogP contribution is 2.40. The molecule has 1 aliphatic carbocycles. The lowest BCUT2D eigenvalue weighted by Crippen LogP contribution is -2.16. The number of para-hydroxylation sites is 2. The molecule has 2 nitrogen and oxygen atoms in total. The number of hydrogen-bond acceptors (Lipinski definition) is 1. The highest BCUT2D eigenvalue weighted by atomic mass is 15.0. The summed E-state index contributed by atoms with van der Waals surface area (Å²) >= 11 is 0. The molecule has 1 unspecified atom stereocenters. The van der Waals surface area contributed by atoms with Gasteiger partial charge in [0.25, 0.3) is 0 Å². The molecule has 0 radical (unpaired) electrons. The van der Waals surface area contributed by atoms with Gasteiger partial charge in [0.05, 0.1) is 6.04 Å². The Hall–Kier alpha value is -2.74. The summed E-state index contributed by atoms with van der Waals surface area (Å²) in [6.07, 6.45) is 7.89. The first-order valence-electron chi connectivity index (χ1n) is 7.74. The Labute approximate surface area is 132 Å². The molecule has 2 heterocycles. The second-order valence-corrected chi connectivity index (χ2v) is 5.96. The van der Waals surface area contributed by atoms with E-state index in [2.05, 4.69) is 77.1 Å². The molecule has 2 N–H and O–H groups in total. The minimum Gasteiger partial charge on any atom is -0.373 e. The van der Waals surface area contributed by atoms with Crippen molar-refractivity contribution in [1.29, 1.82) is 0 Å². The normalized spacial score (nSPS) is 20.2. The van der Waals surface area contributed by atoms with E-state index in [1.165, 1.54) is 39.0 Å². The molecular formula is C20H20N2. The lowest BCUT2D eigenvalue weighted by molar-refractivity contribution is 0.923. The first-order valence-corrected chi connectivity index (χ1v) is 7.74. The minimum atomic E-state index is 0. The summed E-state index contributed by atoms with van der Waals surface area (Å²) in [4.78, 5) is 3.61. The lowest BCUT2D eigenvalue weighted by atomic mass is 9.90. The molecule has 0 amide bonds. The third kappa shape index (κ3) is 1.61. The summed E-state index contributed by atoms with van der Waals surface area (Å²) < 4.78 is 0. The van der Waals surface area contributed by atoms with Gasteiger partial charge < -0.3 is 10.3 Å². The summed E-state index contributed by atoms with van der Waals surface area (Å²) in [5.74, 6) is 0. The zero-order chi connectivity index (χ0) is 14.5. The number of hydrogen-bond donors (Lipinski definition) is 2. The number of anilines is 1. The van der Waals surface area contributed by atoms with Crippen molar-refractivity contribution in [3.05, 3.63) is 77.5 Å². The Kier molecular flexibility index (Phi) is 2.36. The van der Waals surface area contributed by atoms with Gasteiger partial charge in [0.2, 0.25) is 0 Å². The number of aromatic amines is 1. The van der Waals surface area contributed by atoms with Crippen LogP contribution >= 0.6 is 0 Å². The Morgan fingerprint density at radius 1 is 1.00 bits per heavy atom. The van der Waals surface area contributed by atoms with Crippen LogP contribution in [0.4, 0.5) is 5.69 Å². The molecule has 110 valence electrons. The second-order valence-electron chi connectivity index (χ2n) is 5.96. The van der Waals surface area contributed by atoms with Crippen LogP contribution in [0.2, 0.25) is 0 Å². The van der Waals surface area contributed by atoms with E-state index in [1.807, 2.05) is 0 Å². The van der Waals surface area contributed by atoms with Crippen molar-refractivity contribution in [3.63, 3.8) is 0 Å². The van der Waals surface area contributed by atoms with Crippen LogP contribution in [0.3, 0.4) is 0 Å². The van der Waals surface area contributed by atoms with Gasteiger partial charge in [-0.05, 0) is 24.1 Å². The molecule has 0 fully saturated rings. The van der Waals surface area contributed by atoms with Crippen LogP contribution in [0.1, 0.15) is 32.1 Å². The molecule has 0 saturated heterocycles. The third-order valence-corrected chi connectivity index (χ3v) is 4.66. The smallest absolute Gasteiger partial charge is 0.0860 e. The van der Waals surface area contributed by atoms with Gasteiger partial charge in [0.1, 0.15) is 0 Å². The summed E-state index contributed by atoms with van der Waals surface area (Å²) in [6, 6.07) is 17.3. The quantitative estimate of drug-likeness (QED) is 0.551. The fraction of sp³-hybridized carbons (Fsp3) is 0.100. The van der Waals surface area contributed by atoms with E-state index in [0.717, 1.165) is 6.42 Å². The highest BCUT2D eigenvalue weighted by molar-refractivity contribution is 5.93. The summed E-state index contributed by atoms with van der Waals surface area (Å²) in [5, 5.41) is 4.97. The molecule has 1 aliphatic heterocycles. The van der Waals surface area contributed by atoms with E-state index >= 15 is 0 Å². The van der Waals surface area contributed by atoms with Crippen LogP contribution in [0.15, 0.2) is 60.7 Å².